The van der Waals surface area contributed by atoms with Gasteiger partial charge in [0.2, 0.25) is 0 Å². The van der Waals surface area contributed by atoms with Crippen molar-refractivity contribution in [2.75, 3.05) is 4.72 Å². The number of pyridine rings is 1. The van der Waals surface area contributed by atoms with Gasteiger partial charge >= 0.3 is 0 Å². The highest BCUT2D eigenvalue weighted by Crippen LogP contribution is 2.37. The van der Waals surface area contributed by atoms with E-state index in [9.17, 15) is 8.42 Å². The molecular weight excluding hydrogens is 392 g/mol. The third kappa shape index (κ3) is 3.40. The van der Waals surface area contributed by atoms with E-state index in [1.807, 2.05) is 0 Å². The highest BCUT2D eigenvalue weighted by Gasteiger charge is 2.22. The molecule has 0 saturated heterocycles. The van der Waals surface area contributed by atoms with Crippen LogP contribution in [0.3, 0.4) is 0 Å². The van der Waals surface area contributed by atoms with Gasteiger partial charge in [0.15, 0.2) is 10.8 Å². The molecule has 10 heteroatoms. The summed E-state index contributed by atoms with van der Waals surface area (Å²) in [5, 5.41) is 8.61. The van der Waals surface area contributed by atoms with E-state index in [1.165, 1.54) is 24.3 Å². The van der Waals surface area contributed by atoms with Crippen molar-refractivity contribution in [2.45, 2.75) is 4.90 Å². The molecule has 0 fully saturated rings. The van der Waals surface area contributed by atoms with E-state index in [2.05, 4.69) is 9.71 Å². The van der Waals surface area contributed by atoms with Crippen molar-refractivity contribution in [1.82, 2.24) is 4.98 Å². The molecule has 1 aromatic carbocycles. The number of hydrogen-bond acceptors (Lipinski definition) is 4. The maximum atomic E-state index is 12.3. The quantitative estimate of drug-likeness (QED) is 0.780. The van der Waals surface area contributed by atoms with Crippen molar-refractivity contribution >= 4 is 62.1 Å². The van der Waals surface area contributed by atoms with Crippen LogP contribution in [0, 0.1) is 11.3 Å². The molecule has 0 bridgehead atoms. The number of sulfonamides is 1. The van der Waals surface area contributed by atoms with Crippen LogP contribution in [0.5, 0.6) is 0 Å². The van der Waals surface area contributed by atoms with Crippen molar-refractivity contribution in [3.05, 3.63) is 50.2 Å². The van der Waals surface area contributed by atoms with Crippen LogP contribution in [0.4, 0.5) is 5.69 Å². The van der Waals surface area contributed by atoms with Gasteiger partial charge in [0.05, 0.1) is 10.6 Å². The second-order valence-corrected chi connectivity index (χ2v) is 7.16. The number of nitrogens with one attached hydrogen (secondary N) is 1. The summed E-state index contributed by atoms with van der Waals surface area (Å²) in [5.74, 6) is 0. The van der Waals surface area contributed by atoms with E-state index in [4.69, 9.17) is 51.7 Å². The highest BCUT2D eigenvalue weighted by atomic mass is 35.5. The summed E-state index contributed by atoms with van der Waals surface area (Å²) in [4.78, 5) is 3.59. The van der Waals surface area contributed by atoms with Gasteiger partial charge in [-0.05, 0) is 24.3 Å². The summed E-state index contributed by atoms with van der Waals surface area (Å²) in [7, 11) is -3.99. The second kappa shape index (κ2) is 6.49. The number of halogens is 4. The lowest BCUT2D eigenvalue weighted by Gasteiger charge is -2.12. The minimum atomic E-state index is -3.99. The topological polar surface area (TPSA) is 82.8 Å². The minimum Gasteiger partial charge on any atom is -0.276 e. The Bertz CT molecular complexity index is 877. The zero-order valence-electron chi connectivity index (χ0n) is 10.4. The van der Waals surface area contributed by atoms with Crippen LogP contribution in [0.15, 0.2) is 29.2 Å². The Labute approximate surface area is 146 Å². The molecule has 0 spiro atoms. The van der Waals surface area contributed by atoms with Crippen LogP contribution in [-0.2, 0) is 10.0 Å². The van der Waals surface area contributed by atoms with E-state index < -0.39 is 10.0 Å². The average Bonchev–Trinajstić information content (AvgIpc) is 2.48. The first-order chi connectivity index (χ1) is 10.3. The molecule has 2 aromatic rings. The van der Waals surface area contributed by atoms with Crippen molar-refractivity contribution in [3.8, 4) is 6.07 Å². The molecule has 114 valence electrons. The van der Waals surface area contributed by atoms with Crippen LogP contribution in [0.2, 0.25) is 20.2 Å². The monoisotopic (exact) mass is 395 g/mol. The molecule has 0 unspecified atom stereocenters. The zero-order valence-corrected chi connectivity index (χ0v) is 14.3. The normalized spacial score (nSPS) is 11.0. The van der Waals surface area contributed by atoms with Crippen LogP contribution in [0.1, 0.15) is 5.69 Å². The first-order valence-electron chi connectivity index (χ1n) is 5.49. The molecule has 0 aliphatic heterocycles. The fourth-order valence-electron chi connectivity index (χ4n) is 1.48. The lowest BCUT2D eigenvalue weighted by Crippen LogP contribution is -2.14. The lowest BCUT2D eigenvalue weighted by atomic mass is 10.3. The van der Waals surface area contributed by atoms with Crippen LogP contribution < -0.4 is 4.72 Å². The molecule has 0 aliphatic carbocycles. The molecule has 2 rings (SSSR count). The van der Waals surface area contributed by atoms with Gasteiger partial charge in [0.25, 0.3) is 10.0 Å². The van der Waals surface area contributed by atoms with Crippen molar-refractivity contribution in [1.29, 1.82) is 5.26 Å². The molecule has 5 nitrogen and oxygen atoms in total. The Morgan fingerprint density at radius 1 is 1.05 bits per heavy atom. The number of benzene rings is 1. The number of aromatic nitrogens is 1. The standard InChI is InChI=1S/C12H5Cl4N3O2S/c13-6-1-3-7(4-2-6)22(20,21)19-11-9(14)8(5-17)18-12(16)10(11)15/h1-4H,(H,18,19). The molecule has 1 N–H and O–H groups in total. The maximum Gasteiger partial charge on any atom is 0.261 e. The molecule has 0 atom stereocenters. The van der Waals surface area contributed by atoms with Gasteiger partial charge in [-0.15, -0.1) is 0 Å². The number of anilines is 1. The van der Waals surface area contributed by atoms with Gasteiger partial charge < -0.3 is 0 Å². The van der Waals surface area contributed by atoms with Gasteiger partial charge in [0.1, 0.15) is 16.1 Å². The highest BCUT2D eigenvalue weighted by molar-refractivity contribution is 7.92. The second-order valence-electron chi connectivity index (χ2n) is 3.93. The van der Waals surface area contributed by atoms with Crippen molar-refractivity contribution in [2.24, 2.45) is 0 Å². The fourth-order valence-corrected chi connectivity index (χ4v) is 3.45. The largest absolute Gasteiger partial charge is 0.276 e. The third-order valence-electron chi connectivity index (χ3n) is 2.50. The van der Waals surface area contributed by atoms with Gasteiger partial charge in [0, 0.05) is 5.02 Å². The van der Waals surface area contributed by atoms with E-state index in [0.717, 1.165) is 0 Å². The van der Waals surface area contributed by atoms with E-state index in [0.29, 0.717) is 5.02 Å². The number of rotatable bonds is 3. The summed E-state index contributed by atoms with van der Waals surface area (Å²) in [6.45, 7) is 0. The average molecular weight is 397 g/mol. The Morgan fingerprint density at radius 3 is 2.18 bits per heavy atom. The molecule has 0 radical (unpaired) electrons. The van der Waals surface area contributed by atoms with Crippen molar-refractivity contribution in [3.63, 3.8) is 0 Å². The first kappa shape index (κ1) is 17.1. The first-order valence-corrected chi connectivity index (χ1v) is 8.48. The SMILES string of the molecule is N#Cc1nc(Cl)c(Cl)c(NS(=O)(=O)c2ccc(Cl)cc2)c1Cl. The Morgan fingerprint density at radius 2 is 1.64 bits per heavy atom. The molecule has 22 heavy (non-hydrogen) atoms. The van der Waals surface area contributed by atoms with Crippen LogP contribution in [0.25, 0.3) is 0 Å². The Kier molecular flexibility index (Phi) is 5.05. The van der Waals surface area contributed by atoms with Crippen molar-refractivity contribution < 1.29 is 8.42 Å². The van der Waals surface area contributed by atoms with Gasteiger partial charge in [-0.1, -0.05) is 46.4 Å². The van der Waals surface area contributed by atoms with Crippen LogP contribution >= 0.6 is 46.4 Å². The van der Waals surface area contributed by atoms with E-state index >= 15 is 0 Å². The maximum absolute atomic E-state index is 12.3. The summed E-state index contributed by atoms with van der Waals surface area (Å²) in [6, 6.07) is 7.14. The summed E-state index contributed by atoms with van der Waals surface area (Å²) < 4.78 is 26.8. The van der Waals surface area contributed by atoms with E-state index in [1.54, 1.807) is 6.07 Å². The molecule has 0 aliphatic rings. The molecule has 0 amide bonds. The van der Waals surface area contributed by atoms with Gasteiger partial charge in [-0.3, -0.25) is 4.72 Å². The molecule has 1 heterocycles. The number of nitriles is 1. The molecular formula is C12H5Cl4N3O2S. The Balaban J connectivity index is 2.53. The summed E-state index contributed by atoms with van der Waals surface area (Å²) in [5.41, 5.74) is -0.459. The third-order valence-corrected chi connectivity index (χ3v) is 5.23. The predicted molar refractivity (Wildman–Crippen MR) is 86.2 cm³/mol. The number of nitrogens with zero attached hydrogens (tertiary/aromatic N) is 2. The van der Waals surface area contributed by atoms with Gasteiger partial charge in [-0.2, -0.15) is 5.26 Å². The summed E-state index contributed by atoms with van der Waals surface area (Å²) >= 11 is 23.3. The molecule has 0 saturated carbocycles. The Hall–Kier alpha value is -1.23. The molecule has 1 aromatic heterocycles. The number of hydrogen-bond donors (Lipinski definition) is 1. The predicted octanol–water partition coefficient (Wildman–Crippen LogP) is 4.37. The zero-order chi connectivity index (χ0) is 16.5. The smallest absolute Gasteiger partial charge is 0.261 e. The lowest BCUT2D eigenvalue weighted by molar-refractivity contribution is 0.601. The summed E-state index contributed by atoms with van der Waals surface area (Å²) in [6.07, 6.45) is 0. The van der Waals surface area contributed by atoms with E-state index in [-0.39, 0.29) is 31.5 Å². The minimum absolute atomic E-state index is 0.0597. The van der Waals surface area contributed by atoms with Gasteiger partial charge in [-0.25, -0.2) is 13.4 Å². The van der Waals surface area contributed by atoms with Crippen LogP contribution in [-0.4, -0.2) is 13.4 Å². The fraction of sp³-hybridized carbons (Fsp3) is 0.